The van der Waals surface area contributed by atoms with Crippen molar-refractivity contribution in [3.8, 4) is 22.9 Å². The highest BCUT2D eigenvalue weighted by atomic mass is 16.5. The van der Waals surface area contributed by atoms with Gasteiger partial charge in [-0.3, -0.25) is 0 Å². The number of hydrogen-bond acceptors (Lipinski definition) is 5. The minimum absolute atomic E-state index is 0.368. The molecule has 0 aliphatic carbocycles. The summed E-state index contributed by atoms with van der Waals surface area (Å²) in [5.41, 5.74) is 9.87. The van der Waals surface area contributed by atoms with E-state index in [1.165, 1.54) is 6.33 Å². The van der Waals surface area contributed by atoms with Gasteiger partial charge >= 0.3 is 0 Å². The lowest BCUT2D eigenvalue weighted by Crippen LogP contribution is -1.95. The van der Waals surface area contributed by atoms with Gasteiger partial charge in [0.2, 0.25) is 0 Å². The first-order chi connectivity index (χ1) is 10.6. The molecule has 0 fully saturated rings. The minimum atomic E-state index is 0.368. The molecule has 3 rings (SSSR count). The molecule has 2 heterocycles. The molecule has 0 saturated carbocycles. The Morgan fingerprint density at radius 1 is 1.32 bits per heavy atom. The van der Waals surface area contributed by atoms with Crippen LogP contribution in [0.25, 0.3) is 22.2 Å². The Morgan fingerprint density at radius 2 is 2.09 bits per heavy atom. The molecule has 0 atom stereocenters. The summed E-state index contributed by atoms with van der Waals surface area (Å²) in [5.74, 6) is 1.14. The van der Waals surface area contributed by atoms with Gasteiger partial charge in [-0.2, -0.15) is 5.26 Å². The van der Waals surface area contributed by atoms with Gasteiger partial charge in [-0.1, -0.05) is 6.07 Å². The second-order valence-electron chi connectivity index (χ2n) is 5.03. The van der Waals surface area contributed by atoms with Crippen LogP contribution in [0.5, 0.6) is 5.75 Å². The van der Waals surface area contributed by atoms with Crippen molar-refractivity contribution in [3.05, 3.63) is 35.8 Å². The van der Waals surface area contributed by atoms with Crippen molar-refractivity contribution >= 4 is 16.9 Å². The monoisotopic (exact) mass is 293 g/mol. The number of methoxy groups -OCH3 is 1. The van der Waals surface area contributed by atoms with Crippen LogP contribution in [0.4, 0.5) is 5.82 Å². The van der Waals surface area contributed by atoms with Crippen molar-refractivity contribution in [2.75, 3.05) is 12.8 Å². The Kier molecular flexibility index (Phi) is 3.18. The van der Waals surface area contributed by atoms with Crippen LogP contribution in [0.3, 0.4) is 0 Å². The highest BCUT2D eigenvalue weighted by molar-refractivity contribution is 6.03. The Balaban J connectivity index is 2.43. The molecule has 2 aromatic heterocycles. The average Bonchev–Trinajstić information content (AvgIpc) is 2.81. The number of nitriles is 1. The van der Waals surface area contributed by atoms with Crippen LogP contribution in [0.2, 0.25) is 0 Å². The van der Waals surface area contributed by atoms with Gasteiger partial charge in [0.05, 0.1) is 12.5 Å². The summed E-state index contributed by atoms with van der Waals surface area (Å²) in [7, 11) is 3.43. The number of aromatic nitrogens is 3. The smallest absolute Gasteiger partial charge is 0.146 e. The van der Waals surface area contributed by atoms with Crippen LogP contribution < -0.4 is 10.5 Å². The number of hydrogen-bond donors (Lipinski definition) is 1. The van der Waals surface area contributed by atoms with E-state index in [0.29, 0.717) is 22.5 Å². The van der Waals surface area contributed by atoms with Gasteiger partial charge in [0.1, 0.15) is 35.3 Å². The molecule has 0 spiro atoms. The van der Waals surface area contributed by atoms with E-state index in [1.807, 2.05) is 25.1 Å². The van der Waals surface area contributed by atoms with Crippen molar-refractivity contribution in [2.24, 2.45) is 7.05 Å². The molecule has 0 aliphatic heterocycles. The highest BCUT2D eigenvalue weighted by Gasteiger charge is 2.21. The van der Waals surface area contributed by atoms with E-state index < -0.39 is 0 Å². The Bertz CT molecular complexity index is 920. The number of nitrogens with zero attached hydrogens (tertiary/aromatic N) is 4. The van der Waals surface area contributed by atoms with Gasteiger partial charge in [-0.05, 0) is 30.2 Å². The molecule has 3 aromatic rings. The topological polar surface area (TPSA) is 89.8 Å². The zero-order chi connectivity index (χ0) is 15.9. The Morgan fingerprint density at radius 3 is 2.73 bits per heavy atom. The summed E-state index contributed by atoms with van der Waals surface area (Å²) in [6.07, 6.45) is 1.41. The molecular weight excluding hydrogens is 278 g/mol. The molecule has 0 amide bonds. The van der Waals surface area contributed by atoms with Crippen LogP contribution >= 0.6 is 0 Å². The van der Waals surface area contributed by atoms with Crippen LogP contribution in [0.15, 0.2) is 24.5 Å². The third kappa shape index (κ3) is 1.87. The molecule has 0 bridgehead atoms. The minimum Gasteiger partial charge on any atom is -0.497 e. The number of fused-ring (bicyclic) bond motifs is 1. The Hall–Kier alpha value is -3.07. The lowest BCUT2D eigenvalue weighted by Gasteiger charge is -2.08. The van der Waals surface area contributed by atoms with Crippen molar-refractivity contribution in [2.45, 2.75) is 6.92 Å². The summed E-state index contributed by atoms with van der Waals surface area (Å²) >= 11 is 0. The maximum atomic E-state index is 9.56. The third-order valence-electron chi connectivity index (χ3n) is 3.81. The number of rotatable bonds is 2. The molecule has 0 aliphatic rings. The van der Waals surface area contributed by atoms with E-state index in [1.54, 1.807) is 18.7 Å². The molecule has 6 heteroatoms. The van der Waals surface area contributed by atoms with Crippen LogP contribution in [0.1, 0.15) is 11.3 Å². The molecular formula is C16H15N5O. The van der Waals surface area contributed by atoms with E-state index in [2.05, 4.69) is 16.0 Å². The van der Waals surface area contributed by atoms with Crippen LogP contribution in [-0.4, -0.2) is 21.6 Å². The van der Waals surface area contributed by atoms with Gasteiger partial charge in [0.25, 0.3) is 0 Å². The number of nitrogens with two attached hydrogens (primary N) is 1. The first-order valence-electron chi connectivity index (χ1n) is 6.72. The number of aryl methyl sites for hydroxylation is 2. The summed E-state index contributed by atoms with van der Waals surface area (Å²) in [4.78, 5) is 8.32. The largest absolute Gasteiger partial charge is 0.497 e. The van der Waals surface area contributed by atoms with E-state index in [9.17, 15) is 5.26 Å². The number of anilines is 1. The van der Waals surface area contributed by atoms with Gasteiger partial charge < -0.3 is 15.0 Å². The molecule has 2 N–H and O–H groups in total. The second-order valence-corrected chi connectivity index (χ2v) is 5.03. The zero-order valence-corrected chi connectivity index (χ0v) is 12.6. The molecule has 0 saturated heterocycles. The third-order valence-corrected chi connectivity index (χ3v) is 3.81. The van der Waals surface area contributed by atoms with Crippen molar-refractivity contribution < 1.29 is 4.74 Å². The van der Waals surface area contributed by atoms with Crippen LogP contribution in [-0.2, 0) is 7.05 Å². The summed E-state index contributed by atoms with van der Waals surface area (Å²) < 4.78 is 6.98. The van der Waals surface area contributed by atoms with Crippen molar-refractivity contribution in [1.29, 1.82) is 5.26 Å². The van der Waals surface area contributed by atoms with Gasteiger partial charge in [-0.15, -0.1) is 0 Å². The van der Waals surface area contributed by atoms with E-state index in [0.717, 1.165) is 22.4 Å². The molecule has 22 heavy (non-hydrogen) atoms. The molecule has 110 valence electrons. The quantitative estimate of drug-likeness (QED) is 0.783. The average molecular weight is 293 g/mol. The van der Waals surface area contributed by atoms with Crippen molar-refractivity contribution in [1.82, 2.24) is 14.5 Å². The predicted molar refractivity (Wildman–Crippen MR) is 84.4 cm³/mol. The fraction of sp³-hybridized carbons (Fsp3) is 0.188. The molecule has 1 aromatic carbocycles. The fourth-order valence-electron chi connectivity index (χ4n) is 2.71. The lowest BCUT2D eigenvalue weighted by molar-refractivity contribution is 0.414. The van der Waals surface area contributed by atoms with Gasteiger partial charge in [0, 0.05) is 12.6 Å². The second kappa shape index (κ2) is 5.04. The van der Waals surface area contributed by atoms with Crippen LogP contribution in [0, 0.1) is 18.3 Å². The fourth-order valence-corrected chi connectivity index (χ4v) is 2.71. The molecule has 0 radical (unpaired) electrons. The molecule has 0 unspecified atom stereocenters. The zero-order valence-electron chi connectivity index (χ0n) is 12.6. The normalized spacial score (nSPS) is 10.6. The number of nitrogen functional groups attached to an aromatic ring is 1. The number of benzene rings is 1. The van der Waals surface area contributed by atoms with Gasteiger partial charge in [0.15, 0.2) is 0 Å². The summed E-state index contributed by atoms with van der Waals surface area (Å²) in [6.45, 7) is 1.97. The lowest BCUT2D eigenvalue weighted by atomic mass is 9.98. The summed E-state index contributed by atoms with van der Waals surface area (Å²) in [5, 5.41) is 10.3. The van der Waals surface area contributed by atoms with E-state index >= 15 is 0 Å². The van der Waals surface area contributed by atoms with Gasteiger partial charge in [-0.25, -0.2) is 9.97 Å². The first kappa shape index (κ1) is 13.9. The molecule has 6 nitrogen and oxygen atoms in total. The Labute approximate surface area is 127 Å². The maximum absolute atomic E-state index is 9.56. The predicted octanol–water partition coefficient (Wildman–Crippen LogP) is 2.41. The van der Waals surface area contributed by atoms with E-state index in [4.69, 9.17) is 10.5 Å². The SMILES string of the molecule is COc1ccc(-c2c(C#N)n(C)c3ncnc(N)c23)c(C)c1. The maximum Gasteiger partial charge on any atom is 0.146 e. The summed E-state index contributed by atoms with van der Waals surface area (Å²) in [6, 6.07) is 7.96. The number of ether oxygens (including phenoxy) is 1. The standard InChI is InChI=1S/C16H15N5O/c1-9-6-10(22-3)4-5-11(9)13-12(7-17)21(2)16-14(13)15(18)19-8-20-16/h4-6,8H,1-3H3,(H2,18,19,20). The first-order valence-corrected chi connectivity index (χ1v) is 6.72. The highest BCUT2D eigenvalue weighted by Crippen LogP contribution is 2.38. The van der Waals surface area contributed by atoms with Crippen molar-refractivity contribution in [3.63, 3.8) is 0 Å². The van der Waals surface area contributed by atoms with E-state index in [-0.39, 0.29) is 0 Å².